The van der Waals surface area contributed by atoms with Crippen LogP contribution < -0.4 is 25.3 Å². The third-order valence-corrected chi connectivity index (χ3v) is 7.77. The van der Waals surface area contributed by atoms with Crippen molar-refractivity contribution in [3.05, 3.63) is 83.4 Å². The highest BCUT2D eigenvalue weighted by Gasteiger charge is 2.33. The summed E-state index contributed by atoms with van der Waals surface area (Å²) in [5, 5.41) is 0.365. The van der Waals surface area contributed by atoms with E-state index in [1.165, 1.54) is 19.1 Å². The van der Waals surface area contributed by atoms with E-state index in [4.69, 9.17) is 36.5 Å². The summed E-state index contributed by atoms with van der Waals surface area (Å²) in [6.07, 6.45) is 0. The molecule has 12 nitrogen and oxygen atoms in total. The smallest absolute Gasteiger partial charge is 0.339 e. The lowest BCUT2D eigenvalue weighted by molar-refractivity contribution is 0.306. The molecule has 0 bridgehead atoms. The van der Waals surface area contributed by atoms with E-state index < -0.39 is 25.9 Å². The molecule has 0 aliphatic carbocycles. The topological polar surface area (TPSA) is 187 Å². The van der Waals surface area contributed by atoms with Gasteiger partial charge in [-0.05, 0) is 68.8 Å². The van der Waals surface area contributed by atoms with Crippen LogP contribution in [-0.2, 0) is 26.8 Å². The molecular weight excluding hydrogens is 594 g/mol. The van der Waals surface area contributed by atoms with E-state index in [-0.39, 0.29) is 34.9 Å². The Morgan fingerprint density at radius 3 is 2.12 bits per heavy atom. The fourth-order valence-electron chi connectivity index (χ4n) is 3.56. The van der Waals surface area contributed by atoms with E-state index in [2.05, 4.69) is 9.98 Å². The Balaban J connectivity index is 0.000000696. The van der Waals surface area contributed by atoms with E-state index in [9.17, 15) is 16.8 Å². The van der Waals surface area contributed by atoms with Crippen molar-refractivity contribution in [1.82, 2.24) is 0 Å². The molecule has 5 N–H and O–H groups in total. The van der Waals surface area contributed by atoms with Gasteiger partial charge < -0.3 is 20.4 Å². The van der Waals surface area contributed by atoms with Gasteiger partial charge in [0.1, 0.15) is 28.7 Å². The van der Waals surface area contributed by atoms with Crippen LogP contribution in [0.1, 0.15) is 26.3 Å². The Bertz CT molecular complexity index is 1650. The number of halogens is 1. The standard InChI is InChI=1S/C24H24ClN5O4S.C2H6O3S/c1-24(2)29-22(26)28-23(27)30(24)17-10-13-21(20(25)14-17)33-15-16-8-11-19(12-9-16)35(31,32)34-18-6-4-3-5-7-18;1-2-6(3,4)5/h3-14H,15H2,1-2H3,(H4,26,27,28,29);2H2,1H3,(H,3,4,5). The second-order valence-electron chi connectivity index (χ2n) is 9.04. The van der Waals surface area contributed by atoms with Crippen LogP contribution in [0, 0.1) is 0 Å². The average Bonchev–Trinajstić information content (AvgIpc) is 2.87. The second-order valence-corrected chi connectivity index (χ2v) is 12.7. The van der Waals surface area contributed by atoms with Crippen LogP contribution >= 0.6 is 11.6 Å². The molecule has 1 aliphatic rings. The van der Waals surface area contributed by atoms with E-state index in [1.54, 1.807) is 65.6 Å². The van der Waals surface area contributed by atoms with E-state index in [0.717, 1.165) is 5.56 Å². The Kier molecular flexibility index (Phi) is 9.86. The van der Waals surface area contributed by atoms with Gasteiger partial charge in [-0.1, -0.05) is 41.9 Å². The first-order valence-corrected chi connectivity index (χ1v) is 15.5. The van der Waals surface area contributed by atoms with Gasteiger partial charge in [0, 0.05) is 5.69 Å². The summed E-state index contributed by atoms with van der Waals surface area (Å²) in [4.78, 5) is 10.1. The van der Waals surface area contributed by atoms with Crippen molar-refractivity contribution < 1.29 is 30.3 Å². The van der Waals surface area contributed by atoms with Crippen molar-refractivity contribution >= 4 is 49.4 Å². The second kappa shape index (κ2) is 12.8. The number of guanidine groups is 2. The Morgan fingerprint density at radius 2 is 1.59 bits per heavy atom. The van der Waals surface area contributed by atoms with Gasteiger partial charge in [-0.15, -0.1) is 0 Å². The normalized spacial score (nSPS) is 14.7. The molecule has 0 radical (unpaired) electrons. The van der Waals surface area contributed by atoms with Crippen molar-refractivity contribution in [3.8, 4) is 11.5 Å². The summed E-state index contributed by atoms with van der Waals surface area (Å²) in [6, 6.07) is 19.8. The SMILES string of the molecule is CC1(C)N=C(N)N=C(N)N1c1ccc(OCc2ccc(S(=O)(=O)Oc3ccccc3)cc2)c(Cl)c1.CCS(=O)(=O)O. The van der Waals surface area contributed by atoms with Crippen LogP contribution in [0.25, 0.3) is 0 Å². The number of anilines is 1. The quantitative estimate of drug-likeness (QED) is 0.246. The third kappa shape index (κ3) is 8.82. The maximum absolute atomic E-state index is 12.5. The molecule has 41 heavy (non-hydrogen) atoms. The fourth-order valence-corrected chi connectivity index (χ4v) is 4.72. The molecule has 0 fully saturated rings. The molecule has 15 heteroatoms. The highest BCUT2D eigenvalue weighted by Crippen LogP contribution is 2.34. The molecule has 0 unspecified atom stereocenters. The lowest BCUT2D eigenvalue weighted by Crippen LogP contribution is -2.54. The zero-order chi connectivity index (χ0) is 30.4. The zero-order valence-corrected chi connectivity index (χ0v) is 24.8. The molecule has 0 spiro atoms. The van der Waals surface area contributed by atoms with Crippen LogP contribution in [0.3, 0.4) is 0 Å². The summed E-state index contributed by atoms with van der Waals surface area (Å²) in [7, 11) is -7.60. The minimum absolute atomic E-state index is 0.0409. The highest BCUT2D eigenvalue weighted by molar-refractivity contribution is 7.87. The number of hydrogen-bond acceptors (Lipinski definition) is 11. The van der Waals surface area contributed by atoms with Crippen LogP contribution in [-0.4, -0.2) is 44.7 Å². The largest absolute Gasteiger partial charge is 0.487 e. The number of hydrogen-bond donors (Lipinski definition) is 3. The summed E-state index contributed by atoms with van der Waals surface area (Å²) in [5.41, 5.74) is 12.5. The predicted octanol–water partition coefficient (Wildman–Crippen LogP) is 3.77. The average molecular weight is 624 g/mol. The van der Waals surface area contributed by atoms with E-state index in [1.807, 2.05) is 13.8 Å². The van der Waals surface area contributed by atoms with Crippen LogP contribution in [0.15, 0.2) is 87.7 Å². The molecule has 3 aromatic rings. The number of benzene rings is 3. The zero-order valence-electron chi connectivity index (χ0n) is 22.4. The molecule has 1 heterocycles. The summed E-state index contributed by atoms with van der Waals surface area (Å²) < 4.78 is 62.9. The monoisotopic (exact) mass is 623 g/mol. The van der Waals surface area contributed by atoms with Gasteiger partial charge in [0.2, 0.25) is 11.9 Å². The first kappa shape index (κ1) is 31.7. The Morgan fingerprint density at radius 1 is 0.976 bits per heavy atom. The van der Waals surface area contributed by atoms with Gasteiger partial charge in [-0.2, -0.15) is 21.8 Å². The van der Waals surface area contributed by atoms with Gasteiger partial charge >= 0.3 is 10.1 Å². The third-order valence-electron chi connectivity index (χ3n) is 5.49. The molecule has 0 atom stereocenters. The minimum Gasteiger partial charge on any atom is -0.487 e. The minimum atomic E-state index is -3.94. The number of para-hydroxylation sites is 1. The molecular formula is C26H30ClN5O7S2. The van der Waals surface area contributed by atoms with Crippen molar-refractivity contribution in [2.24, 2.45) is 21.5 Å². The molecule has 1 aliphatic heterocycles. The molecule has 0 saturated carbocycles. The predicted molar refractivity (Wildman–Crippen MR) is 158 cm³/mol. The number of ether oxygens (including phenoxy) is 1. The maximum atomic E-state index is 12.5. The lowest BCUT2D eigenvalue weighted by atomic mass is 10.1. The lowest BCUT2D eigenvalue weighted by Gasteiger charge is -2.38. The van der Waals surface area contributed by atoms with Gasteiger partial charge in [-0.25, -0.2) is 4.99 Å². The van der Waals surface area contributed by atoms with Gasteiger partial charge in [0.05, 0.1) is 10.8 Å². The fraction of sp³-hybridized carbons (Fsp3) is 0.231. The summed E-state index contributed by atoms with van der Waals surface area (Å²) in [5.74, 6) is 0.813. The maximum Gasteiger partial charge on any atom is 0.339 e. The van der Waals surface area contributed by atoms with Gasteiger partial charge in [0.25, 0.3) is 10.1 Å². The summed E-state index contributed by atoms with van der Waals surface area (Å²) >= 11 is 6.46. The molecule has 3 aromatic carbocycles. The number of nitrogens with zero attached hydrogens (tertiary/aromatic N) is 3. The van der Waals surface area contributed by atoms with Crippen LogP contribution in [0.2, 0.25) is 5.02 Å². The van der Waals surface area contributed by atoms with Crippen molar-refractivity contribution in [1.29, 1.82) is 0 Å². The number of rotatable bonds is 8. The van der Waals surface area contributed by atoms with Gasteiger partial charge in [-0.3, -0.25) is 9.45 Å². The van der Waals surface area contributed by atoms with Crippen LogP contribution in [0.5, 0.6) is 11.5 Å². The molecule has 0 amide bonds. The number of aliphatic imine (C=N–C) groups is 2. The number of nitrogens with two attached hydrogens (primary N) is 2. The molecule has 0 aromatic heterocycles. The van der Waals surface area contributed by atoms with Crippen molar-refractivity contribution in [2.45, 2.75) is 37.9 Å². The first-order valence-electron chi connectivity index (χ1n) is 12.1. The van der Waals surface area contributed by atoms with E-state index >= 15 is 0 Å². The van der Waals surface area contributed by atoms with Crippen LogP contribution in [0.4, 0.5) is 5.69 Å². The summed E-state index contributed by atoms with van der Waals surface area (Å²) in [6.45, 7) is 5.26. The highest BCUT2D eigenvalue weighted by atomic mass is 35.5. The Labute approximate surface area is 244 Å². The van der Waals surface area contributed by atoms with Gasteiger partial charge in [0.15, 0.2) is 0 Å². The molecule has 0 saturated heterocycles. The van der Waals surface area contributed by atoms with Crippen molar-refractivity contribution in [2.75, 3.05) is 10.7 Å². The van der Waals surface area contributed by atoms with Crippen molar-refractivity contribution in [3.63, 3.8) is 0 Å². The first-order chi connectivity index (χ1) is 19.1. The molecule has 220 valence electrons. The molecule has 4 rings (SSSR count). The Hall–Kier alpha value is -3.85. The van der Waals surface area contributed by atoms with E-state index in [0.29, 0.717) is 16.5 Å².